The first-order valence-corrected chi connectivity index (χ1v) is 6.49. The van der Waals surface area contributed by atoms with Gasteiger partial charge in [-0.05, 0) is 30.7 Å². The molecule has 0 amide bonds. The minimum Gasteiger partial charge on any atom is -0.384 e. The van der Waals surface area contributed by atoms with Gasteiger partial charge in [-0.3, -0.25) is 4.98 Å². The van der Waals surface area contributed by atoms with Crippen LogP contribution in [0.2, 0.25) is 0 Å². The second-order valence-corrected chi connectivity index (χ2v) is 4.36. The Morgan fingerprint density at radius 2 is 2.00 bits per heavy atom. The van der Waals surface area contributed by atoms with Gasteiger partial charge in [-0.25, -0.2) is 0 Å². The first-order chi connectivity index (χ1) is 8.42. The summed E-state index contributed by atoms with van der Waals surface area (Å²) in [7, 11) is 0. The van der Waals surface area contributed by atoms with Gasteiger partial charge in [0.05, 0.1) is 5.52 Å². The Kier molecular flexibility index (Phi) is 4.37. The van der Waals surface area contributed by atoms with Crippen molar-refractivity contribution in [2.45, 2.75) is 32.6 Å². The molecule has 1 aromatic carbocycles. The smallest absolute Gasteiger partial charge is 0.0722 e. The van der Waals surface area contributed by atoms with Gasteiger partial charge in [-0.15, -0.1) is 0 Å². The molecular formula is C15H20N2. The van der Waals surface area contributed by atoms with Gasteiger partial charge in [0.25, 0.3) is 0 Å². The second kappa shape index (κ2) is 6.24. The molecule has 1 heterocycles. The zero-order valence-corrected chi connectivity index (χ0v) is 10.4. The van der Waals surface area contributed by atoms with E-state index in [1.807, 2.05) is 12.3 Å². The summed E-state index contributed by atoms with van der Waals surface area (Å²) in [5, 5.41) is 4.72. The van der Waals surface area contributed by atoms with Crippen molar-refractivity contribution < 1.29 is 0 Å². The molecule has 0 aliphatic heterocycles. The molecule has 0 spiro atoms. The highest BCUT2D eigenvalue weighted by Crippen LogP contribution is 2.21. The van der Waals surface area contributed by atoms with Gasteiger partial charge in [0.2, 0.25) is 0 Å². The average molecular weight is 228 g/mol. The van der Waals surface area contributed by atoms with Crippen molar-refractivity contribution in [3.63, 3.8) is 0 Å². The van der Waals surface area contributed by atoms with Gasteiger partial charge in [0.15, 0.2) is 0 Å². The van der Waals surface area contributed by atoms with Crippen LogP contribution in [-0.4, -0.2) is 11.5 Å². The molecule has 1 aromatic heterocycles. The summed E-state index contributed by atoms with van der Waals surface area (Å²) in [6, 6.07) is 10.4. The zero-order valence-electron chi connectivity index (χ0n) is 10.4. The molecule has 2 aromatic rings. The molecule has 0 unspecified atom stereocenters. The van der Waals surface area contributed by atoms with Gasteiger partial charge in [0.1, 0.15) is 0 Å². The molecule has 2 rings (SSSR count). The Labute approximate surface area is 103 Å². The third-order valence-electron chi connectivity index (χ3n) is 2.99. The number of rotatable bonds is 6. The first-order valence-electron chi connectivity index (χ1n) is 6.49. The molecule has 2 nitrogen and oxygen atoms in total. The Bertz CT molecular complexity index is 460. The topological polar surface area (TPSA) is 24.9 Å². The van der Waals surface area contributed by atoms with Crippen LogP contribution in [0.3, 0.4) is 0 Å². The van der Waals surface area contributed by atoms with Crippen LogP contribution in [0.5, 0.6) is 0 Å². The molecule has 0 fully saturated rings. The third-order valence-corrected chi connectivity index (χ3v) is 2.99. The lowest BCUT2D eigenvalue weighted by Crippen LogP contribution is -2.01. The number of unbranched alkanes of at least 4 members (excludes halogenated alkanes) is 3. The fourth-order valence-electron chi connectivity index (χ4n) is 2.03. The molecule has 17 heavy (non-hydrogen) atoms. The van der Waals surface area contributed by atoms with E-state index in [-0.39, 0.29) is 0 Å². The van der Waals surface area contributed by atoms with Crippen LogP contribution in [0.1, 0.15) is 32.6 Å². The van der Waals surface area contributed by atoms with Crippen LogP contribution in [0.25, 0.3) is 10.9 Å². The van der Waals surface area contributed by atoms with Gasteiger partial charge in [-0.1, -0.05) is 32.3 Å². The van der Waals surface area contributed by atoms with Gasteiger partial charge >= 0.3 is 0 Å². The maximum absolute atomic E-state index is 4.36. The van der Waals surface area contributed by atoms with E-state index in [4.69, 9.17) is 0 Å². The Morgan fingerprint density at radius 1 is 1.06 bits per heavy atom. The standard InChI is InChI=1S/C15H20N2/c1-2-3-4-5-11-16-14-9-6-10-15-13(14)8-7-12-17-15/h6-10,12,16H,2-5,11H2,1H3. The summed E-state index contributed by atoms with van der Waals surface area (Å²) in [4.78, 5) is 4.36. The Hall–Kier alpha value is -1.57. The lowest BCUT2D eigenvalue weighted by atomic mass is 10.1. The normalized spacial score (nSPS) is 10.6. The fourth-order valence-corrected chi connectivity index (χ4v) is 2.03. The fraction of sp³-hybridized carbons (Fsp3) is 0.400. The molecule has 0 atom stereocenters. The van der Waals surface area contributed by atoms with Crippen LogP contribution >= 0.6 is 0 Å². The number of aromatic nitrogens is 1. The lowest BCUT2D eigenvalue weighted by molar-refractivity contribution is 0.685. The molecular weight excluding hydrogens is 208 g/mol. The van der Waals surface area contributed by atoms with Crippen LogP contribution in [0.15, 0.2) is 36.5 Å². The van der Waals surface area contributed by atoms with E-state index in [9.17, 15) is 0 Å². The van der Waals surface area contributed by atoms with E-state index in [2.05, 4.69) is 41.5 Å². The lowest BCUT2D eigenvalue weighted by Gasteiger charge is -2.08. The first kappa shape index (κ1) is 11.9. The minimum atomic E-state index is 1.05. The molecule has 0 bridgehead atoms. The van der Waals surface area contributed by atoms with Gasteiger partial charge < -0.3 is 5.32 Å². The van der Waals surface area contributed by atoms with Crippen LogP contribution in [0, 0.1) is 0 Å². The van der Waals surface area contributed by atoms with E-state index < -0.39 is 0 Å². The zero-order chi connectivity index (χ0) is 11.9. The van der Waals surface area contributed by atoms with Crippen molar-refractivity contribution in [1.29, 1.82) is 0 Å². The molecule has 0 saturated heterocycles. The Morgan fingerprint density at radius 3 is 2.88 bits per heavy atom. The number of anilines is 1. The average Bonchev–Trinajstić information content (AvgIpc) is 2.39. The number of nitrogens with one attached hydrogen (secondary N) is 1. The summed E-state index contributed by atoms with van der Waals surface area (Å²) in [5.74, 6) is 0. The van der Waals surface area contributed by atoms with Crippen LogP contribution < -0.4 is 5.32 Å². The van der Waals surface area contributed by atoms with Crippen molar-refractivity contribution in [1.82, 2.24) is 4.98 Å². The van der Waals surface area contributed by atoms with E-state index >= 15 is 0 Å². The van der Waals surface area contributed by atoms with Crippen LogP contribution in [-0.2, 0) is 0 Å². The highest BCUT2D eigenvalue weighted by Gasteiger charge is 1.99. The predicted octanol–water partition coefficient (Wildman–Crippen LogP) is 4.23. The summed E-state index contributed by atoms with van der Waals surface area (Å²) in [6.07, 6.45) is 7.02. The molecule has 1 N–H and O–H groups in total. The van der Waals surface area contributed by atoms with E-state index in [1.165, 1.54) is 36.8 Å². The molecule has 0 radical (unpaired) electrons. The highest BCUT2D eigenvalue weighted by atomic mass is 14.9. The predicted molar refractivity (Wildman–Crippen MR) is 74.4 cm³/mol. The second-order valence-electron chi connectivity index (χ2n) is 4.36. The van der Waals surface area contributed by atoms with E-state index in [0.717, 1.165) is 12.1 Å². The number of benzene rings is 1. The number of hydrogen-bond acceptors (Lipinski definition) is 2. The summed E-state index contributed by atoms with van der Waals surface area (Å²) in [5.41, 5.74) is 2.26. The van der Waals surface area contributed by atoms with E-state index in [0.29, 0.717) is 0 Å². The largest absolute Gasteiger partial charge is 0.384 e. The summed E-state index contributed by atoms with van der Waals surface area (Å²) in [6.45, 7) is 3.29. The van der Waals surface area contributed by atoms with Crippen molar-refractivity contribution in [3.8, 4) is 0 Å². The van der Waals surface area contributed by atoms with E-state index in [1.54, 1.807) is 0 Å². The number of pyridine rings is 1. The van der Waals surface area contributed by atoms with Crippen molar-refractivity contribution in [2.75, 3.05) is 11.9 Å². The summed E-state index contributed by atoms with van der Waals surface area (Å²) < 4.78 is 0. The number of nitrogens with zero attached hydrogens (tertiary/aromatic N) is 1. The SMILES string of the molecule is CCCCCCNc1cccc2ncccc12. The van der Waals surface area contributed by atoms with Gasteiger partial charge in [0, 0.05) is 23.8 Å². The molecule has 0 saturated carbocycles. The molecule has 0 aliphatic rings. The third kappa shape index (κ3) is 3.19. The summed E-state index contributed by atoms with van der Waals surface area (Å²) >= 11 is 0. The molecule has 2 heteroatoms. The molecule has 0 aliphatic carbocycles. The maximum Gasteiger partial charge on any atom is 0.0722 e. The minimum absolute atomic E-state index is 1.05. The monoisotopic (exact) mass is 228 g/mol. The van der Waals surface area contributed by atoms with Gasteiger partial charge in [-0.2, -0.15) is 0 Å². The number of fused-ring (bicyclic) bond motifs is 1. The quantitative estimate of drug-likeness (QED) is 0.748. The van der Waals surface area contributed by atoms with Crippen molar-refractivity contribution in [2.24, 2.45) is 0 Å². The van der Waals surface area contributed by atoms with Crippen LogP contribution in [0.4, 0.5) is 5.69 Å². The maximum atomic E-state index is 4.36. The highest BCUT2D eigenvalue weighted by molar-refractivity contribution is 5.91. The van der Waals surface area contributed by atoms with Crippen molar-refractivity contribution in [3.05, 3.63) is 36.5 Å². The number of hydrogen-bond donors (Lipinski definition) is 1. The van der Waals surface area contributed by atoms with Crippen molar-refractivity contribution >= 4 is 16.6 Å². The molecule has 90 valence electrons. The Balaban J connectivity index is 1.98.